The minimum atomic E-state index is -0.294. The maximum Gasteiger partial charge on any atom is 0.368 e. The third kappa shape index (κ3) is 3.52. The summed E-state index contributed by atoms with van der Waals surface area (Å²) in [4.78, 5) is 12.2. The maximum atomic E-state index is 12.2. The first-order chi connectivity index (χ1) is 12.5. The van der Waals surface area contributed by atoms with Gasteiger partial charge in [0.1, 0.15) is 12.4 Å². The van der Waals surface area contributed by atoms with Gasteiger partial charge in [-0.1, -0.05) is 24.3 Å². The van der Waals surface area contributed by atoms with Gasteiger partial charge >= 0.3 is 5.69 Å². The normalized spacial score (nSPS) is 10.9. The van der Waals surface area contributed by atoms with E-state index in [-0.39, 0.29) is 5.69 Å². The predicted molar refractivity (Wildman–Crippen MR) is 97.6 cm³/mol. The van der Waals surface area contributed by atoms with Gasteiger partial charge in [-0.15, -0.1) is 0 Å². The lowest BCUT2D eigenvalue weighted by molar-refractivity contribution is 0.184. The van der Waals surface area contributed by atoms with Crippen LogP contribution in [0, 0.1) is 13.8 Å². The quantitative estimate of drug-likeness (QED) is 0.679. The molecule has 0 aliphatic rings. The number of aromatic nitrogens is 4. The molecular weight excluding hydrogens is 332 g/mol. The first-order valence-corrected chi connectivity index (χ1v) is 8.30. The van der Waals surface area contributed by atoms with E-state index in [1.54, 1.807) is 14.2 Å². The molecule has 0 radical (unpaired) electrons. The zero-order valence-corrected chi connectivity index (χ0v) is 15.4. The van der Waals surface area contributed by atoms with Crippen molar-refractivity contribution in [2.24, 2.45) is 7.05 Å². The van der Waals surface area contributed by atoms with Crippen LogP contribution in [0.4, 0.5) is 0 Å². The van der Waals surface area contributed by atoms with Crippen molar-refractivity contribution in [2.75, 3.05) is 7.11 Å². The highest BCUT2D eigenvalue weighted by Crippen LogP contribution is 2.23. The number of aryl methyl sites for hydroxylation is 3. The van der Waals surface area contributed by atoms with Crippen LogP contribution in [0.5, 0.6) is 5.75 Å². The summed E-state index contributed by atoms with van der Waals surface area (Å²) >= 11 is 0. The molecule has 0 saturated heterocycles. The second kappa shape index (κ2) is 7.53. The van der Waals surface area contributed by atoms with Crippen molar-refractivity contribution in [3.8, 4) is 11.4 Å². The predicted octanol–water partition coefficient (Wildman–Crippen LogP) is 2.31. The van der Waals surface area contributed by atoms with Crippen LogP contribution in [0.3, 0.4) is 0 Å². The van der Waals surface area contributed by atoms with Gasteiger partial charge in [0.05, 0.1) is 12.3 Å². The van der Waals surface area contributed by atoms with Gasteiger partial charge in [-0.05, 0) is 53.1 Å². The number of hydrogen-bond donors (Lipinski definition) is 0. The number of hydrogen-bond acceptors (Lipinski definition) is 5. The van der Waals surface area contributed by atoms with Crippen LogP contribution in [0.25, 0.3) is 5.69 Å². The van der Waals surface area contributed by atoms with Gasteiger partial charge in [0.2, 0.25) is 0 Å². The van der Waals surface area contributed by atoms with Crippen LogP contribution in [-0.4, -0.2) is 26.9 Å². The zero-order chi connectivity index (χ0) is 18.7. The standard InChI is InChI=1S/C19H22N4O3/c1-13-6-5-7-17(23-19(24)22(3)20-21-23)16(13)12-26-18-9-8-15(11-25-4)10-14(18)2/h5-10H,11-12H2,1-4H3. The molecule has 0 bridgehead atoms. The Hall–Kier alpha value is -2.93. The lowest BCUT2D eigenvalue weighted by atomic mass is 10.1. The zero-order valence-electron chi connectivity index (χ0n) is 15.4. The number of methoxy groups -OCH3 is 1. The third-order valence-electron chi connectivity index (χ3n) is 4.26. The fourth-order valence-corrected chi connectivity index (χ4v) is 2.82. The number of tetrazole rings is 1. The third-order valence-corrected chi connectivity index (χ3v) is 4.26. The highest BCUT2D eigenvalue weighted by atomic mass is 16.5. The van der Waals surface area contributed by atoms with Crippen molar-refractivity contribution in [3.05, 3.63) is 69.1 Å². The summed E-state index contributed by atoms with van der Waals surface area (Å²) < 4.78 is 13.7. The molecule has 0 spiro atoms. The summed E-state index contributed by atoms with van der Waals surface area (Å²) in [6.45, 7) is 4.88. The number of rotatable bonds is 6. The van der Waals surface area contributed by atoms with Crippen molar-refractivity contribution >= 4 is 0 Å². The van der Waals surface area contributed by atoms with E-state index in [9.17, 15) is 4.79 Å². The van der Waals surface area contributed by atoms with Gasteiger partial charge in [-0.25, -0.2) is 4.79 Å². The topological polar surface area (TPSA) is 71.2 Å². The van der Waals surface area contributed by atoms with Crippen LogP contribution >= 0.6 is 0 Å². The van der Waals surface area contributed by atoms with Crippen molar-refractivity contribution in [1.82, 2.24) is 19.8 Å². The van der Waals surface area contributed by atoms with Crippen LogP contribution in [0.1, 0.15) is 22.3 Å². The Labute approximate surface area is 151 Å². The molecule has 0 atom stereocenters. The van der Waals surface area contributed by atoms with E-state index in [1.165, 1.54) is 9.36 Å². The second-order valence-corrected chi connectivity index (χ2v) is 6.19. The lowest BCUT2D eigenvalue weighted by Gasteiger charge is -2.14. The van der Waals surface area contributed by atoms with E-state index < -0.39 is 0 Å². The first-order valence-electron chi connectivity index (χ1n) is 8.30. The Morgan fingerprint density at radius 2 is 1.85 bits per heavy atom. The molecule has 0 unspecified atom stereocenters. The molecule has 26 heavy (non-hydrogen) atoms. The number of ether oxygens (including phenoxy) is 2. The van der Waals surface area contributed by atoms with Gasteiger partial charge in [0.25, 0.3) is 0 Å². The van der Waals surface area contributed by atoms with E-state index in [4.69, 9.17) is 9.47 Å². The molecular formula is C19H22N4O3. The van der Waals surface area contributed by atoms with E-state index in [0.29, 0.717) is 18.9 Å². The monoisotopic (exact) mass is 354 g/mol. The molecule has 1 heterocycles. The molecule has 2 aromatic carbocycles. The molecule has 0 saturated carbocycles. The molecule has 3 rings (SSSR count). The Kier molecular flexibility index (Phi) is 5.18. The van der Waals surface area contributed by atoms with E-state index >= 15 is 0 Å². The first kappa shape index (κ1) is 17.9. The molecule has 3 aromatic rings. The van der Waals surface area contributed by atoms with Gasteiger partial charge in [-0.2, -0.15) is 9.36 Å². The maximum absolute atomic E-state index is 12.2. The molecule has 136 valence electrons. The summed E-state index contributed by atoms with van der Waals surface area (Å²) in [5.74, 6) is 0.797. The SMILES string of the molecule is COCc1ccc(OCc2c(C)cccc2-n2nnn(C)c2=O)c(C)c1. The summed E-state index contributed by atoms with van der Waals surface area (Å²) in [6, 6.07) is 11.7. The largest absolute Gasteiger partial charge is 0.489 e. The summed E-state index contributed by atoms with van der Waals surface area (Å²) in [5.41, 5.74) is 4.43. The van der Waals surface area contributed by atoms with Crippen LogP contribution < -0.4 is 10.4 Å². The van der Waals surface area contributed by atoms with Crippen LogP contribution in [-0.2, 0) is 25.0 Å². The van der Waals surface area contributed by atoms with Crippen LogP contribution in [0.15, 0.2) is 41.2 Å². The molecule has 0 aliphatic heterocycles. The minimum Gasteiger partial charge on any atom is -0.489 e. The molecule has 7 nitrogen and oxygen atoms in total. The highest BCUT2D eigenvalue weighted by Gasteiger charge is 2.14. The van der Waals surface area contributed by atoms with Crippen LogP contribution in [0.2, 0.25) is 0 Å². The lowest BCUT2D eigenvalue weighted by Crippen LogP contribution is -2.23. The Morgan fingerprint density at radius 3 is 2.50 bits per heavy atom. The Balaban J connectivity index is 1.89. The summed E-state index contributed by atoms with van der Waals surface area (Å²) in [7, 11) is 3.25. The highest BCUT2D eigenvalue weighted by molar-refractivity contribution is 5.45. The van der Waals surface area contributed by atoms with Crippen molar-refractivity contribution < 1.29 is 9.47 Å². The Morgan fingerprint density at radius 1 is 1.04 bits per heavy atom. The smallest absolute Gasteiger partial charge is 0.368 e. The summed E-state index contributed by atoms with van der Waals surface area (Å²) in [6.07, 6.45) is 0. The van der Waals surface area contributed by atoms with E-state index in [2.05, 4.69) is 10.4 Å². The molecule has 0 aliphatic carbocycles. The molecule has 0 amide bonds. The summed E-state index contributed by atoms with van der Waals surface area (Å²) in [5, 5.41) is 7.73. The number of nitrogens with zero attached hydrogens (tertiary/aromatic N) is 4. The molecule has 0 N–H and O–H groups in total. The van der Waals surface area contributed by atoms with Gasteiger partial charge < -0.3 is 9.47 Å². The average Bonchev–Trinajstić information content (AvgIpc) is 2.94. The molecule has 7 heteroatoms. The van der Waals surface area contributed by atoms with Gasteiger partial charge in [-0.3, -0.25) is 0 Å². The van der Waals surface area contributed by atoms with Crippen molar-refractivity contribution in [2.45, 2.75) is 27.1 Å². The molecule has 0 fully saturated rings. The fourth-order valence-electron chi connectivity index (χ4n) is 2.82. The van der Waals surface area contributed by atoms with E-state index in [1.807, 2.05) is 50.2 Å². The number of benzene rings is 2. The minimum absolute atomic E-state index is 0.294. The Bertz CT molecular complexity index is 975. The average molecular weight is 354 g/mol. The van der Waals surface area contributed by atoms with E-state index in [0.717, 1.165) is 28.0 Å². The van der Waals surface area contributed by atoms with Gasteiger partial charge in [0, 0.05) is 19.7 Å². The van der Waals surface area contributed by atoms with Crippen molar-refractivity contribution in [1.29, 1.82) is 0 Å². The molecule has 1 aromatic heterocycles. The van der Waals surface area contributed by atoms with Gasteiger partial charge in [0.15, 0.2) is 0 Å². The fraction of sp³-hybridized carbons (Fsp3) is 0.316. The second-order valence-electron chi connectivity index (χ2n) is 6.19. The van der Waals surface area contributed by atoms with Crippen molar-refractivity contribution in [3.63, 3.8) is 0 Å².